The van der Waals surface area contributed by atoms with Gasteiger partial charge < -0.3 is 9.84 Å². The van der Waals surface area contributed by atoms with Crippen molar-refractivity contribution in [2.45, 2.75) is 19.0 Å². The molecule has 1 heterocycles. The molecule has 2 rings (SSSR count). The van der Waals surface area contributed by atoms with E-state index in [2.05, 4.69) is 20.7 Å². The van der Waals surface area contributed by atoms with Gasteiger partial charge >= 0.3 is 12.1 Å². The molecule has 0 fully saturated rings. The van der Waals surface area contributed by atoms with Crippen LogP contribution in [0.1, 0.15) is 24.0 Å². The minimum absolute atomic E-state index is 0.000995. The summed E-state index contributed by atoms with van der Waals surface area (Å²) in [4.78, 5) is 14.0. The molecule has 2 aromatic rings. The molecule has 0 saturated heterocycles. The summed E-state index contributed by atoms with van der Waals surface area (Å²) >= 11 is 0. The largest absolute Gasteiger partial charge is 0.481 e. The number of ether oxygens (including phenoxy) is 1. The van der Waals surface area contributed by atoms with E-state index >= 15 is 0 Å². The van der Waals surface area contributed by atoms with Gasteiger partial charge in [0.2, 0.25) is 5.88 Å². The van der Waals surface area contributed by atoms with Crippen LogP contribution < -0.4 is 10.2 Å². The van der Waals surface area contributed by atoms with Crippen molar-refractivity contribution in [2.24, 2.45) is 10.3 Å². The molecule has 148 valence electrons. The number of amidine groups is 1. The highest BCUT2D eigenvalue weighted by Gasteiger charge is 2.30. The fourth-order valence-electron chi connectivity index (χ4n) is 1.92. The van der Waals surface area contributed by atoms with E-state index in [1.807, 2.05) is 0 Å². The molecule has 0 saturated carbocycles. The Hall–Kier alpha value is -3.50. The quantitative estimate of drug-likeness (QED) is 0.205. The number of hydrogen-bond acceptors (Lipinski definition) is 5. The van der Waals surface area contributed by atoms with Crippen molar-refractivity contribution in [1.82, 2.24) is 10.4 Å². The molecule has 1 aromatic carbocycles. The summed E-state index contributed by atoms with van der Waals surface area (Å²) < 4.78 is 42.9. The molecular formula is C17H16F3N5O3. The lowest BCUT2D eigenvalue weighted by atomic mass is 10.2. The zero-order valence-corrected chi connectivity index (χ0v) is 14.4. The van der Waals surface area contributed by atoms with Gasteiger partial charge in [-0.15, -0.1) is 5.11 Å². The van der Waals surface area contributed by atoms with Crippen LogP contribution in [-0.4, -0.2) is 28.4 Å². The van der Waals surface area contributed by atoms with E-state index in [9.17, 15) is 18.0 Å². The van der Waals surface area contributed by atoms with E-state index in [0.717, 1.165) is 12.1 Å². The second kappa shape index (κ2) is 9.44. The van der Waals surface area contributed by atoms with Gasteiger partial charge in [0, 0.05) is 30.8 Å². The van der Waals surface area contributed by atoms with Crippen LogP contribution in [0.3, 0.4) is 0 Å². The predicted molar refractivity (Wildman–Crippen MR) is 92.3 cm³/mol. The first-order valence-corrected chi connectivity index (χ1v) is 8.01. The van der Waals surface area contributed by atoms with E-state index in [1.165, 1.54) is 24.3 Å². The Labute approximate surface area is 157 Å². The fraction of sp³-hybridized carbons (Fsp3) is 0.235. The van der Waals surface area contributed by atoms with Crippen molar-refractivity contribution >= 4 is 11.8 Å². The topological polar surface area (TPSA) is 120 Å². The summed E-state index contributed by atoms with van der Waals surface area (Å²) in [5.74, 6) is -0.709. The van der Waals surface area contributed by atoms with Gasteiger partial charge in [0.1, 0.15) is 5.75 Å². The number of halogens is 3. The molecule has 11 heteroatoms. The summed E-state index contributed by atoms with van der Waals surface area (Å²) in [5.41, 5.74) is 2.11. The SMILES string of the molecule is N=C(/N=N\NCCCC(=O)O)c1ccc(Oc2ccc(C(F)(F)F)cn2)cc1. The number of nitrogens with zero attached hydrogens (tertiary/aromatic N) is 3. The number of hydrogen-bond donors (Lipinski definition) is 3. The van der Waals surface area contributed by atoms with E-state index in [1.54, 1.807) is 0 Å². The molecule has 1 aromatic heterocycles. The summed E-state index contributed by atoms with van der Waals surface area (Å²) in [6.07, 6.45) is -3.39. The average molecular weight is 395 g/mol. The first kappa shape index (κ1) is 20.8. The van der Waals surface area contributed by atoms with E-state index in [0.29, 0.717) is 30.5 Å². The molecule has 0 aliphatic heterocycles. The van der Waals surface area contributed by atoms with Crippen molar-refractivity contribution < 1.29 is 27.8 Å². The maximum Gasteiger partial charge on any atom is 0.417 e. The molecule has 0 amide bonds. The van der Waals surface area contributed by atoms with Crippen LogP contribution in [0.5, 0.6) is 11.6 Å². The lowest BCUT2D eigenvalue weighted by Crippen LogP contribution is -2.09. The van der Waals surface area contributed by atoms with Crippen molar-refractivity contribution in [3.63, 3.8) is 0 Å². The third-order valence-corrected chi connectivity index (χ3v) is 3.31. The Balaban J connectivity index is 1.87. The Kier molecular flexibility index (Phi) is 7.02. The molecule has 0 unspecified atom stereocenters. The van der Waals surface area contributed by atoms with Crippen LogP contribution in [0.4, 0.5) is 13.2 Å². The van der Waals surface area contributed by atoms with Gasteiger partial charge in [-0.25, -0.2) is 4.98 Å². The smallest absolute Gasteiger partial charge is 0.417 e. The summed E-state index contributed by atoms with van der Waals surface area (Å²) in [6, 6.07) is 8.08. The Morgan fingerprint density at radius 2 is 1.93 bits per heavy atom. The second-order valence-corrected chi connectivity index (χ2v) is 5.46. The number of carboxylic acids is 1. The highest BCUT2D eigenvalue weighted by Crippen LogP contribution is 2.30. The van der Waals surface area contributed by atoms with Gasteiger partial charge in [-0.3, -0.25) is 15.6 Å². The number of rotatable bonds is 8. The van der Waals surface area contributed by atoms with E-state index in [4.69, 9.17) is 15.3 Å². The monoisotopic (exact) mass is 395 g/mol. The van der Waals surface area contributed by atoms with Crippen molar-refractivity contribution in [1.29, 1.82) is 5.41 Å². The summed E-state index contributed by atoms with van der Waals surface area (Å²) in [6.45, 7) is 0.315. The second-order valence-electron chi connectivity index (χ2n) is 5.46. The van der Waals surface area contributed by atoms with Crippen LogP contribution in [0, 0.1) is 5.41 Å². The van der Waals surface area contributed by atoms with Crippen molar-refractivity contribution in [3.8, 4) is 11.6 Å². The zero-order chi connectivity index (χ0) is 20.6. The van der Waals surface area contributed by atoms with E-state index < -0.39 is 17.7 Å². The van der Waals surface area contributed by atoms with Crippen LogP contribution >= 0.6 is 0 Å². The number of pyridine rings is 1. The summed E-state index contributed by atoms with van der Waals surface area (Å²) in [7, 11) is 0. The molecule has 0 bridgehead atoms. The maximum atomic E-state index is 12.5. The molecule has 0 radical (unpaired) electrons. The number of aliphatic carboxylic acids is 1. The Bertz CT molecular complexity index is 837. The van der Waals surface area contributed by atoms with Crippen LogP contribution in [0.25, 0.3) is 0 Å². The highest BCUT2D eigenvalue weighted by atomic mass is 19.4. The Morgan fingerprint density at radius 3 is 2.50 bits per heavy atom. The molecule has 28 heavy (non-hydrogen) atoms. The Morgan fingerprint density at radius 1 is 1.21 bits per heavy atom. The number of aromatic nitrogens is 1. The summed E-state index contributed by atoms with van der Waals surface area (Å²) in [5, 5.41) is 23.5. The average Bonchev–Trinajstić information content (AvgIpc) is 2.64. The van der Waals surface area contributed by atoms with Gasteiger partial charge in [0.15, 0.2) is 5.84 Å². The van der Waals surface area contributed by atoms with Gasteiger partial charge in [-0.05, 0) is 36.8 Å². The fourth-order valence-corrected chi connectivity index (χ4v) is 1.92. The van der Waals surface area contributed by atoms with Gasteiger partial charge in [0.25, 0.3) is 0 Å². The lowest BCUT2D eigenvalue weighted by Gasteiger charge is -2.08. The van der Waals surface area contributed by atoms with Gasteiger partial charge in [0.05, 0.1) is 5.56 Å². The predicted octanol–water partition coefficient (Wildman–Crippen LogP) is 4.04. The van der Waals surface area contributed by atoms with Crippen LogP contribution in [-0.2, 0) is 11.0 Å². The van der Waals surface area contributed by atoms with Crippen molar-refractivity contribution in [3.05, 3.63) is 53.7 Å². The number of carboxylic acid groups (broad SMARTS) is 1. The lowest BCUT2D eigenvalue weighted by molar-refractivity contribution is -0.138. The minimum Gasteiger partial charge on any atom is -0.481 e. The third-order valence-electron chi connectivity index (χ3n) is 3.31. The molecular weight excluding hydrogens is 379 g/mol. The van der Waals surface area contributed by atoms with E-state index in [-0.39, 0.29) is 18.1 Å². The molecule has 0 aliphatic carbocycles. The van der Waals surface area contributed by atoms with Gasteiger partial charge in [-0.2, -0.15) is 13.2 Å². The first-order chi connectivity index (χ1) is 13.3. The number of benzene rings is 1. The molecule has 0 aliphatic rings. The van der Waals surface area contributed by atoms with Crippen LogP contribution in [0.2, 0.25) is 0 Å². The standard InChI is InChI=1S/C17H16F3N5O3/c18-17(19,20)12-5-8-14(22-10-12)28-13-6-3-11(4-7-13)16(21)24-25-23-9-1-2-15(26)27/h3-8,10H,1-2,9H2,(H,26,27)(H2,21,23,24). The number of alkyl halides is 3. The highest BCUT2D eigenvalue weighted by molar-refractivity contribution is 5.96. The molecule has 0 atom stereocenters. The normalized spacial score (nSPS) is 11.4. The first-order valence-electron chi connectivity index (χ1n) is 8.01. The number of carbonyl (C=O) groups is 1. The number of nitrogens with one attached hydrogen (secondary N) is 2. The minimum atomic E-state index is -4.47. The molecule has 8 nitrogen and oxygen atoms in total. The molecule has 3 N–H and O–H groups in total. The van der Waals surface area contributed by atoms with Crippen molar-refractivity contribution in [2.75, 3.05) is 6.54 Å². The van der Waals surface area contributed by atoms with Gasteiger partial charge in [-0.1, -0.05) is 5.22 Å². The molecule has 0 spiro atoms. The van der Waals surface area contributed by atoms with Crippen LogP contribution in [0.15, 0.2) is 52.9 Å². The maximum absolute atomic E-state index is 12.5. The third kappa shape index (κ3) is 6.67. The zero-order valence-electron chi connectivity index (χ0n) is 14.4.